The lowest BCUT2D eigenvalue weighted by Gasteiger charge is -2.20. The van der Waals surface area contributed by atoms with Gasteiger partial charge in [0.25, 0.3) is 5.91 Å². The van der Waals surface area contributed by atoms with Crippen LogP contribution < -0.4 is 15.6 Å². The fraction of sp³-hybridized carbons (Fsp3) is 0.400. The molecule has 2 amide bonds. The van der Waals surface area contributed by atoms with Gasteiger partial charge in [-0.15, -0.1) is 0 Å². The Morgan fingerprint density at radius 2 is 1.58 bits per heavy atom. The third kappa shape index (κ3) is 8.24. The second kappa shape index (κ2) is 13.2. The number of benzene rings is 2. The molecule has 0 bridgehead atoms. The number of carbonyl (C=O) groups excluding carboxylic acids is 2. The van der Waals surface area contributed by atoms with Crippen molar-refractivity contribution in [3.63, 3.8) is 0 Å². The Kier molecular flexibility index (Phi) is 10.3. The van der Waals surface area contributed by atoms with Crippen LogP contribution in [0.3, 0.4) is 0 Å². The highest BCUT2D eigenvalue weighted by Gasteiger charge is 2.06. The summed E-state index contributed by atoms with van der Waals surface area (Å²) in [5.74, 6) is -0.293. The maximum atomic E-state index is 12.3. The van der Waals surface area contributed by atoms with Crippen LogP contribution in [-0.4, -0.2) is 31.1 Å². The fourth-order valence-corrected chi connectivity index (χ4v) is 3.23. The molecule has 0 saturated carbocycles. The summed E-state index contributed by atoms with van der Waals surface area (Å²) in [5.41, 5.74) is 5.79. The van der Waals surface area contributed by atoms with Crippen molar-refractivity contribution in [2.45, 2.75) is 52.9 Å². The Labute approximate surface area is 185 Å². The second-order valence-electron chi connectivity index (χ2n) is 7.40. The first-order valence-corrected chi connectivity index (χ1v) is 11.2. The zero-order valence-electron chi connectivity index (χ0n) is 18.9. The number of hydrogen-bond donors (Lipinski definition) is 2. The maximum absolute atomic E-state index is 12.3. The summed E-state index contributed by atoms with van der Waals surface area (Å²) in [7, 11) is 0. The van der Waals surface area contributed by atoms with Crippen LogP contribution in [0.15, 0.2) is 53.6 Å². The Morgan fingerprint density at radius 1 is 0.903 bits per heavy atom. The van der Waals surface area contributed by atoms with Crippen LogP contribution in [0.25, 0.3) is 0 Å². The molecule has 0 atom stereocenters. The number of hydrazone groups is 1. The van der Waals surface area contributed by atoms with Gasteiger partial charge in [-0.05, 0) is 62.2 Å². The van der Waals surface area contributed by atoms with Gasteiger partial charge in [-0.1, -0.05) is 38.3 Å². The molecule has 0 aliphatic carbocycles. The van der Waals surface area contributed by atoms with Crippen LogP contribution in [-0.2, 0) is 4.79 Å². The molecule has 166 valence electrons. The highest BCUT2D eigenvalue weighted by Crippen LogP contribution is 2.14. The summed E-state index contributed by atoms with van der Waals surface area (Å²) in [4.78, 5) is 26.5. The predicted octanol–water partition coefficient (Wildman–Crippen LogP) is 5.21. The van der Waals surface area contributed by atoms with Gasteiger partial charge in [0.1, 0.15) is 0 Å². The number of hydrogen-bond acceptors (Lipinski definition) is 4. The minimum atomic E-state index is -0.298. The normalized spacial score (nSPS) is 10.8. The van der Waals surface area contributed by atoms with Crippen molar-refractivity contribution in [2.75, 3.05) is 23.3 Å². The molecule has 0 fully saturated rings. The average molecular weight is 423 g/mol. The number of amides is 2. The highest BCUT2D eigenvalue weighted by molar-refractivity contribution is 5.96. The van der Waals surface area contributed by atoms with E-state index in [4.69, 9.17) is 0 Å². The lowest BCUT2D eigenvalue weighted by Crippen LogP contribution is -2.21. The van der Waals surface area contributed by atoms with Gasteiger partial charge in [0.2, 0.25) is 5.91 Å². The topological polar surface area (TPSA) is 73.8 Å². The van der Waals surface area contributed by atoms with Gasteiger partial charge in [-0.25, -0.2) is 5.43 Å². The molecule has 0 unspecified atom stereocenters. The Morgan fingerprint density at radius 3 is 2.19 bits per heavy atom. The van der Waals surface area contributed by atoms with Crippen molar-refractivity contribution < 1.29 is 9.59 Å². The SMILES string of the molecule is CCCCCCC(=O)Nc1ccc(C(=O)N/N=C\c2ccc(N(CC)CC)cc2)cc1. The van der Waals surface area contributed by atoms with Gasteiger partial charge < -0.3 is 10.2 Å². The van der Waals surface area contributed by atoms with Crippen LogP contribution in [0.4, 0.5) is 11.4 Å². The molecule has 2 aromatic carbocycles. The van der Waals surface area contributed by atoms with E-state index in [9.17, 15) is 9.59 Å². The molecule has 2 rings (SSSR count). The third-order valence-corrected chi connectivity index (χ3v) is 5.09. The molecule has 6 nitrogen and oxygen atoms in total. The molecule has 0 heterocycles. The number of unbranched alkanes of at least 4 members (excludes halogenated alkanes) is 3. The largest absolute Gasteiger partial charge is 0.372 e. The first kappa shape index (κ1) is 24.1. The number of carbonyl (C=O) groups is 2. The molecular formula is C25H34N4O2. The van der Waals surface area contributed by atoms with E-state index in [1.165, 1.54) is 5.69 Å². The summed E-state index contributed by atoms with van der Waals surface area (Å²) in [6.45, 7) is 8.32. The van der Waals surface area contributed by atoms with Gasteiger partial charge in [0.15, 0.2) is 0 Å². The van der Waals surface area contributed by atoms with E-state index < -0.39 is 0 Å². The lowest BCUT2D eigenvalue weighted by molar-refractivity contribution is -0.116. The van der Waals surface area contributed by atoms with Crippen molar-refractivity contribution in [2.24, 2.45) is 5.10 Å². The molecular weight excluding hydrogens is 388 g/mol. The molecule has 6 heteroatoms. The third-order valence-electron chi connectivity index (χ3n) is 5.09. The smallest absolute Gasteiger partial charge is 0.271 e. The van der Waals surface area contributed by atoms with Gasteiger partial charge >= 0.3 is 0 Å². The van der Waals surface area contributed by atoms with Crippen LogP contribution in [0, 0.1) is 0 Å². The minimum absolute atomic E-state index is 0.00455. The minimum Gasteiger partial charge on any atom is -0.372 e. The van der Waals surface area contributed by atoms with E-state index in [0.29, 0.717) is 17.7 Å². The van der Waals surface area contributed by atoms with Crippen molar-refractivity contribution in [1.82, 2.24) is 5.43 Å². The Balaban J connectivity index is 1.82. The van der Waals surface area contributed by atoms with Crippen LogP contribution >= 0.6 is 0 Å². The predicted molar refractivity (Wildman–Crippen MR) is 129 cm³/mol. The molecule has 0 radical (unpaired) electrons. The van der Waals surface area contributed by atoms with E-state index in [0.717, 1.165) is 44.3 Å². The first-order chi connectivity index (χ1) is 15.1. The fourth-order valence-electron chi connectivity index (χ4n) is 3.23. The van der Waals surface area contributed by atoms with Crippen molar-refractivity contribution >= 4 is 29.4 Å². The number of rotatable bonds is 12. The quantitative estimate of drug-likeness (QED) is 0.280. The lowest BCUT2D eigenvalue weighted by atomic mass is 10.1. The van der Waals surface area contributed by atoms with Crippen LogP contribution in [0.5, 0.6) is 0 Å². The van der Waals surface area contributed by atoms with E-state index >= 15 is 0 Å². The molecule has 0 aliphatic heterocycles. The molecule has 31 heavy (non-hydrogen) atoms. The molecule has 0 saturated heterocycles. The van der Waals surface area contributed by atoms with E-state index in [1.54, 1.807) is 30.5 Å². The van der Waals surface area contributed by atoms with Gasteiger partial charge in [0.05, 0.1) is 6.21 Å². The van der Waals surface area contributed by atoms with E-state index in [1.807, 2.05) is 24.3 Å². The molecule has 0 spiro atoms. The second-order valence-corrected chi connectivity index (χ2v) is 7.40. The maximum Gasteiger partial charge on any atom is 0.271 e. The molecule has 2 aromatic rings. The number of anilines is 2. The van der Waals surface area contributed by atoms with Gasteiger partial charge in [-0.2, -0.15) is 5.10 Å². The van der Waals surface area contributed by atoms with Gasteiger partial charge in [0, 0.05) is 36.4 Å². The number of nitrogens with zero attached hydrogens (tertiary/aromatic N) is 2. The molecule has 2 N–H and O–H groups in total. The zero-order chi connectivity index (χ0) is 22.5. The van der Waals surface area contributed by atoms with Crippen molar-refractivity contribution in [3.05, 3.63) is 59.7 Å². The molecule has 0 aliphatic rings. The van der Waals surface area contributed by atoms with Crippen LogP contribution in [0.2, 0.25) is 0 Å². The van der Waals surface area contributed by atoms with Crippen LogP contribution in [0.1, 0.15) is 68.8 Å². The van der Waals surface area contributed by atoms with Crippen molar-refractivity contribution in [1.29, 1.82) is 0 Å². The molecule has 0 aromatic heterocycles. The number of nitrogens with one attached hydrogen (secondary N) is 2. The Bertz CT molecular complexity index is 841. The van der Waals surface area contributed by atoms with Gasteiger partial charge in [-0.3, -0.25) is 9.59 Å². The average Bonchev–Trinajstić information content (AvgIpc) is 2.79. The summed E-state index contributed by atoms with van der Waals surface area (Å²) in [5, 5.41) is 6.91. The van der Waals surface area contributed by atoms with E-state index in [2.05, 4.69) is 41.5 Å². The highest BCUT2D eigenvalue weighted by atomic mass is 16.2. The Hall–Kier alpha value is -3.15. The first-order valence-electron chi connectivity index (χ1n) is 11.2. The standard InChI is InChI=1S/C25H34N4O2/c1-4-7-8-9-10-24(30)27-22-15-13-21(14-16-22)25(31)28-26-19-20-11-17-23(18-12-20)29(5-2)6-3/h11-19H,4-10H2,1-3H3,(H,27,30)(H,28,31)/b26-19-. The van der Waals surface area contributed by atoms with E-state index in [-0.39, 0.29) is 11.8 Å². The van der Waals surface area contributed by atoms with Crippen molar-refractivity contribution in [3.8, 4) is 0 Å². The monoisotopic (exact) mass is 422 g/mol. The summed E-state index contributed by atoms with van der Waals surface area (Å²) < 4.78 is 0. The summed E-state index contributed by atoms with van der Waals surface area (Å²) in [6.07, 6.45) is 6.42. The summed E-state index contributed by atoms with van der Waals surface area (Å²) >= 11 is 0. The zero-order valence-corrected chi connectivity index (χ0v) is 18.9. The summed E-state index contributed by atoms with van der Waals surface area (Å²) in [6, 6.07) is 14.9.